The van der Waals surface area contributed by atoms with Crippen molar-refractivity contribution in [2.75, 3.05) is 6.61 Å². The number of nitrogens with two attached hydrogens (primary N) is 1. The van der Waals surface area contributed by atoms with Crippen molar-refractivity contribution in [1.82, 2.24) is 0 Å². The van der Waals surface area contributed by atoms with Crippen molar-refractivity contribution in [3.8, 4) is 0 Å². The Morgan fingerprint density at radius 3 is 2.88 bits per heavy atom. The third-order valence-electron chi connectivity index (χ3n) is 2.40. The normalized spacial score (nSPS) is 10.8. The van der Waals surface area contributed by atoms with Crippen LogP contribution in [0.25, 0.3) is 10.1 Å². The molecule has 1 radical (unpaired) electrons. The van der Waals surface area contributed by atoms with Crippen molar-refractivity contribution in [3.05, 3.63) is 41.1 Å². The number of aliphatic hydroxyl groups is 1. The minimum atomic E-state index is -0.400. The molecular formula is C12H12NO2S. The number of primary amides is 1. The van der Waals surface area contributed by atoms with Gasteiger partial charge in [0, 0.05) is 11.3 Å². The Kier molecular flexibility index (Phi) is 3.22. The number of aliphatic hydroxyl groups excluding tert-OH is 1. The molecule has 0 spiro atoms. The summed E-state index contributed by atoms with van der Waals surface area (Å²) in [6.07, 6.45) is 2.29. The monoisotopic (exact) mass is 234 g/mol. The minimum absolute atomic E-state index is 0.00236. The zero-order valence-electron chi connectivity index (χ0n) is 8.64. The summed E-state index contributed by atoms with van der Waals surface area (Å²) < 4.78 is 1.05. The smallest absolute Gasteiger partial charge is 0.259 e. The van der Waals surface area contributed by atoms with Gasteiger partial charge < -0.3 is 10.8 Å². The lowest BCUT2D eigenvalue weighted by molar-refractivity contribution is 0.100. The molecule has 1 amide bonds. The van der Waals surface area contributed by atoms with E-state index in [0.717, 1.165) is 15.6 Å². The van der Waals surface area contributed by atoms with Gasteiger partial charge in [-0.2, -0.15) is 0 Å². The largest absolute Gasteiger partial charge is 0.396 e. The Balaban J connectivity index is 2.55. The third kappa shape index (κ3) is 1.94. The number of hydrogen-bond acceptors (Lipinski definition) is 3. The molecule has 1 heterocycles. The molecule has 3 nitrogen and oxygen atoms in total. The van der Waals surface area contributed by atoms with Crippen LogP contribution >= 0.6 is 11.3 Å². The summed E-state index contributed by atoms with van der Waals surface area (Å²) in [7, 11) is 0. The lowest BCUT2D eigenvalue weighted by Crippen LogP contribution is -2.11. The van der Waals surface area contributed by atoms with Crippen molar-refractivity contribution < 1.29 is 9.90 Å². The van der Waals surface area contributed by atoms with Gasteiger partial charge in [-0.25, -0.2) is 0 Å². The van der Waals surface area contributed by atoms with Gasteiger partial charge >= 0.3 is 0 Å². The molecule has 3 N–H and O–H groups in total. The van der Waals surface area contributed by atoms with E-state index < -0.39 is 5.91 Å². The predicted molar refractivity (Wildman–Crippen MR) is 65.4 cm³/mol. The molecule has 0 unspecified atom stereocenters. The molecule has 0 atom stereocenters. The molecule has 0 saturated carbocycles. The molecule has 2 aromatic rings. The maximum absolute atomic E-state index is 11.3. The molecule has 0 fully saturated rings. The maximum atomic E-state index is 11.3. The molecule has 16 heavy (non-hydrogen) atoms. The Morgan fingerprint density at radius 2 is 2.19 bits per heavy atom. The summed E-state index contributed by atoms with van der Waals surface area (Å²) in [5.41, 5.74) is 6.26. The van der Waals surface area contributed by atoms with E-state index in [0.29, 0.717) is 11.3 Å². The molecule has 2 rings (SSSR count). The Bertz CT molecular complexity index is 519. The molecule has 0 aliphatic heterocycles. The summed E-state index contributed by atoms with van der Waals surface area (Å²) in [4.78, 5) is 11.9. The van der Waals surface area contributed by atoms with E-state index in [-0.39, 0.29) is 6.61 Å². The van der Waals surface area contributed by atoms with Crippen LogP contribution in [0.15, 0.2) is 24.3 Å². The van der Waals surface area contributed by atoms with Crippen molar-refractivity contribution in [2.45, 2.75) is 6.42 Å². The lowest BCUT2D eigenvalue weighted by Gasteiger charge is -1.99. The molecule has 0 aliphatic carbocycles. The van der Waals surface area contributed by atoms with E-state index in [9.17, 15) is 4.79 Å². The second-order valence-corrected chi connectivity index (χ2v) is 4.50. The van der Waals surface area contributed by atoms with Crippen molar-refractivity contribution >= 4 is 27.3 Å². The number of fused-ring (bicyclic) bond motifs is 1. The third-order valence-corrected chi connectivity index (χ3v) is 3.63. The number of carbonyl (C=O) groups excluding carboxylic acids is 1. The minimum Gasteiger partial charge on any atom is -0.396 e. The molecular weight excluding hydrogens is 222 g/mol. The van der Waals surface area contributed by atoms with E-state index in [2.05, 4.69) is 0 Å². The fourth-order valence-electron chi connectivity index (χ4n) is 1.71. The standard InChI is InChI=1S/C12H12NO2S/c13-12(15)11-9(5-3-7-14)8-4-1-2-6-10(8)16-11/h1-4,6,14H,5,7H2,(H2,13,15). The molecule has 4 heteroatoms. The SMILES string of the molecule is NC(=O)c1sc2ccccc2c1C[CH]CO. The zero-order chi connectivity index (χ0) is 11.5. The number of benzene rings is 1. The molecule has 0 aliphatic rings. The fourth-order valence-corrected chi connectivity index (χ4v) is 2.79. The number of thiophene rings is 1. The number of rotatable bonds is 4. The van der Waals surface area contributed by atoms with Crippen LogP contribution in [0.2, 0.25) is 0 Å². The van der Waals surface area contributed by atoms with E-state index in [4.69, 9.17) is 10.8 Å². The van der Waals surface area contributed by atoms with Gasteiger partial charge in [-0.1, -0.05) is 18.2 Å². The van der Waals surface area contributed by atoms with Crippen molar-refractivity contribution in [3.63, 3.8) is 0 Å². The topological polar surface area (TPSA) is 63.3 Å². The van der Waals surface area contributed by atoms with Crippen molar-refractivity contribution in [2.24, 2.45) is 5.73 Å². The van der Waals surface area contributed by atoms with Gasteiger partial charge in [0.2, 0.25) is 0 Å². The van der Waals surface area contributed by atoms with Gasteiger partial charge in [0.05, 0.1) is 4.88 Å². The van der Waals surface area contributed by atoms with Gasteiger partial charge in [0.25, 0.3) is 5.91 Å². The van der Waals surface area contributed by atoms with Gasteiger partial charge in [-0.05, 0) is 29.9 Å². The van der Waals surface area contributed by atoms with Crippen molar-refractivity contribution in [1.29, 1.82) is 0 Å². The highest BCUT2D eigenvalue weighted by molar-refractivity contribution is 7.21. The second-order valence-electron chi connectivity index (χ2n) is 3.45. The summed E-state index contributed by atoms with van der Waals surface area (Å²) in [5.74, 6) is -0.400. The number of hydrogen-bond donors (Lipinski definition) is 2. The first-order chi connectivity index (χ1) is 7.74. The number of amides is 1. The van der Waals surface area contributed by atoms with Crippen LogP contribution in [-0.2, 0) is 6.42 Å². The molecule has 1 aromatic heterocycles. The number of carbonyl (C=O) groups is 1. The average molecular weight is 234 g/mol. The highest BCUT2D eigenvalue weighted by Gasteiger charge is 2.15. The first-order valence-corrected chi connectivity index (χ1v) is 5.78. The van der Waals surface area contributed by atoms with Crippen LogP contribution in [0, 0.1) is 6.42 Å². The fraction of sp³-hybridized carbons (Fsp3) is 0.167. The van der Waals surface area contributed by atoms with E-state index in [1.54, 1.807) is 6.42 Å². The Labute approximate surface area is 97.5 Å². The Morgan fingerprint density at radius 1 is 1.44 bits per heavy atom. The van der Waals surface area contributed by atoms with Crippen LogP contribution < -0.4 is 5.73 Å². The van der Waals surface area contributed by atoms with Gasteiger partial charge in [-0.15, -0.1) is 11.3 Å². The maximum Gasteiger partial charge on any atom is 0.259 e. The van der Waals surface area contributed by atoms with Crippen LogP contribution in [0.3, 0.4) is 0 Å². The molecule has 1 aromatic carbocycles. The molecule has 0 saturated heterocycles. The summed E-state index contributed by atoms with van der Waals surface area (Å²) in [6.45, 7) is 0.00236. The van der Waals surface area contributed by atoms with Gasteiger partial charge in [-0.3, -0.25) is 4.79 Å². The first kappa shape index (κ1) is 11.1. The van der Waals surface area contributed by atoms with E-state index >= 15 is 0 Å². The van der Waals surface area contributed by atoms with Crippen LogP contribution in [0.1, 0.15) is 15.2 Å². The predicted octanol–water partition coefficient (Wildman–Crippen LogP) is 1.74. The quantitative estimate of drug-likeness (QED) is 0.846. The Hall–Kier alpha value is -1.39. The highest BCUT2D eigenvalue weighted by Crippen LogP contribution is 2.31. The molecule has 0 bridgehead atoms. The first-order valence-electron chi connectivity index (χ1n) is 4.96. The second kappa shape index (κ2) is 4.63. The summed E-state index contributed by atoms with van der Waals surface area (Å²) in [6, 6.07) is 7.80. The van der Waals surface area contributed by atoms with E-state index in [1.165, 1.54) is 11.3 Å². The van der Waals surface area contributed by atoms with E-state index in [1.807, 2.05) is 24.3 Å². The average Bonchev–Trinajstić information content (AvgIpc) is 2.65. The summed E-state index contributed by atoms with van der Waals surface area (Å²) >= 11 is 1.41. The van der Waals surface area contributed by atoms with Gasteiger partial charge in [0.15, 0.2) is 0 Å². The van der Waals surface area contributed by atoms with Crippen LogP contribution in [-0.4, -0.2) is 17.6 Å². The zero-order valence-corrected chi connectivity index (χ0v) is 9.46. The lowest BCUT2D eigenvalue weighted by atomic mass is 10.1. The summed E-state index contributed by atoms with van der Waals surface area (Å²) in [5, 5.41) is 9.85. The molecule has 83 valence electrons. The van der Waals surface area contributed by atoms with Gasteiger partial charge in [0.1, 0.15) is 0 Å². The van der Waals surface area contributed by atoms with Crippen LogP contribution in [0.5, 0.6) is 0 Å². The van der Waals surface area contributed by atoms with Crippen LogP contribution in [0.4, 0.5) is 0 Å². The highest BCUT2D eigenvalue weighted by atomic mass is 32.1.